The predicted molar refractivity (Wildman–Crippen MR) is 67.5 cm³/mol. The summed E-state index contributed by atoms with van der Waals surface area (Å²) >= 11 is 0. The van der Waals surface area contributed by atoms with Gasteiger partial charge in [0, 0.05) is 18.5 Å². The van der Waals surface area contributed by atoms with E-state index in [1.165, 1.54) is 5.56 Å². The summed E-state index contributed by atoms with van der Waals surface area (Å²) in [6.45, 7) is 0.759. The lowest BCUT2D eigenvalue weighted by Crippen LogP contribution is -2.17. The molecule has 1 aliphatic rings. The molecule has 19 heavy (non-hydrogen) atoms. The van der Waals surface area contributed by atoms with Gasteiger partial charge >= 0.3 is 5.84 Å². The summed E-state index contributed by atoms with van der Waals surface area (Å²) in [5.41, 5.74) is 5.26. The second-order valence-corrected chi connectivity index (χ2v) is 4.70. The predicted octanol–water partition coefficient (Wildman–Crippen LogP) is 1.79. The van der Waals surface area contributed by atoms with Gasteiger partial charge in [-0.05, 0) is 12.1 Å². The third-order valence-corrected chi connectivity index (χ3v) is 3.68. The second kappa shape index (κ2) is 3.00. The maximum absolute atomic E-state index is 5.92. The molecule has 0 aromatic carbocycles. The summed E-state index contributed by atoms with van der Waals surface area (Å²) in [5.74, 6) is 0.830. The first-order valence-corrected chi connectivity index (χ1v) is 6.13. The Morgan fingerprint density at radius 2 is 2.26 bits per heavy atom. The highest BCUT2D eigenvalue weighted by molar-refractivity contribution is 5.72. The van der Waals surface area contributed by atoms with E-state index in [-0.39, 0.29) is 0 Å². The molecule has 5 rings (SSSR count). The van der Waals surface area contributed by atoms with E-state index in [2.05, 4.69) is 26.8 Å². The van der Waals surface area contributed by atoms with Crippen molar-refractivity contribution in [1.29, 1.82) is 0 Å². The van der Waals surface area contributed by atoms with Gasteiger partial charge in [0.05, 0.1) is 17.5 Å². The van der Waals surface area contributed by atoms with Crippen LogP contribution in [-0.2, 0) is 6.54 Å². The van der Waals surface area contributed by atoms with Crippen molar-refractivity contribution in [2.75, 3.05) is 0 Å². The molecule has 5 nitrogen and oxygen atoms in total. The van der Waals surface area contributed by atoms with Gasteiger partial charge in [-0.1, -0.05) is 0 Å². The quantitative estimate of drug-likeness (QED) is 0.393. The van der Waals surface area contributed by atoms with Crippen molar-refractivity contribution in [1.82, 2.24) is 14.5 Å². The van der Waals surface area contributed by atoms with E-state index in [1.807, 2.05) is 28.9 Å². The molecule has 0 fully saturated rings. The molecular formula is C14H9N4O+. The lowest BCUT2D eigenvalue weighted by molar-refractivity contribution is -0.484. The molecule has 1 aliphatic heterocycles. The van der Waals surface area contributed by atoms with E-state index >= 15 is 0 Å². The van der Waals surface area contributed by atoms with Crippen LogP contribution in [0.25, 0.3) is 28.2 Å². The van der Waals surface area contributed by atoms with Crippen LogP contribution in [-0.4, -0.2) is 14.5 Å². The number of hydrogen-bond donors (Lipinski definition) is 0. The minimum absolute atomic E-state index is 0.759. The van der Waals surface area contributed by atoms with E-state index in [9.17, 15) is 0 Å². The Bertz CT molecular complexity index is 951. The number of hydrogen-bond acceptors (Lipinski definition) is 3. The lowest BCUT2D eigenvalue weighted by atomic mass is 10.2. The minimum atomic E-state index is 0.759. The fourth-order valence-electron chi connectivity index (χ4n) is 2.81. The van der Waals surface area contributed by atoms with Crippen molar-refractivity contribution in [3.63, 3.8) is 0 Å². The Kier molecular flexibility index (Phi) is 1.46. The largest absolute Gasteiger partial charge is 0.468 e. The van der Waals surface area contributed by atoms with Crippen molar-refractivity contribution in [2.24, 2.45) is 0 Å². The van der Waals surface area contributed by atoms with Crippen molar-refractivity contribution in [3.05, 3.63) is 48.7 Å². The molecule has 5 heteroatoms. The highest BCUT2D eigenvalue weighted by atomic mass is 16.4. The molecule has 0 N–H and O–H groups in total. The SMILES string of the molecule is c1cnc2c(c1)-c1c[n+]3c4cnccc4oc3n1C2. The molecule has 0 unspecified atom stereocenters. The van der Waals surface area contributed by atoms with Crippen molar-refractivity contribution in [2.45, 2.75) is 6.54 Å². The fraction of sp³-hybridized carbons (Fsp3) is 0.0714. The van der Waals surface area contributed by atoms with Gasteiger partial charge in [-0.2, -0.15) is 8.97 Å². The molecule has 0 amide bonds. The summed E-state index contributed by atoms with van der Waals surface area (Å²) in [5, 5.41) is 0. The summed E-state index contributed by atoms with van der Waals surface area (Å²) in [6.07, 6.45) is 7.49. The molecule has 0 aliphatic carbocycles. The van der Waals surface area contributed by atoms with Gasteiger partial charge in [-0.15, -0.1) is 0 Å². The van der Waals surface area contributed by atoms with Crippen LogP contribution in [0.5, 0.6) is 0 Å². The van der Waals surface area contributed by atoms with Crippen LogP contribution in [0.15, 0.2) is 47.4 Å². The van der Waals surface area contributed by atoms with Crippen molar-refractivity contribution >= 4 is 16.9 Å². The molecule has 4 aromatic heterocycles. The first kappa shape index (κ1) is 9.27. The molecule has 4 aromatic rings. The van der Waals surface area contributed by atoms with Crippen molar-refractivity contribution < 1.29 is 8.82 Å². The molecule has 0 spiro atoms. The van der Waals surface area contributed by atoms with E-state index in [0.717, 1.165) is 34.9 Å². The summed E-state index contributed by atoms with van der Waals surface area (Å²) in [7, 11) is 0. The number of pyridine rings is 2. The smallest absolute Gasteiger partial charge is 0.387 e. The number of fused-ring (bicyclic) bond motifs is 7. The van der Waals surface area contributed by atoms with Crippen molar-refractivity contribution in [3.8, 4) is 11.3 Å². The van der Waals surface area contributed by atoms with E-state index in [4.69, 9.17) is 4.42 Å². The summed E-state index contributed by atoms with van der Waals surface area (Å²) in [6, 6.07) is 5.95. The van der Waals surface area contributed by atoms with Crippen LogP contribution in [0, 0.1) is 0 Å². The highest BCUT2D eigenvalue weighted by Gasteiger charge is 2.32. The molecule has 0 radical (unpaired) electrons. The Labute approximate surface area is 107 Å². The van der Waals surface area contributed by atoms with Crippen LogP contribution in [0.4, 0.5) is 0 Å². The van der Waals surface area contributed by atoms with Gasteiger partial charge in [0.15, 0.2) is 16.8 Å². The summed E-state index contributed by atoms with van der Waals surface area (Å²) < 4.78 is 10.1. The van der Waals surface area contributed by atoms with E-state index in [1.54, 1.807) is 6.20 Å². The van der Waals surface area contributed by atoms with Gasteiger partial charge in [0.2, 0.25) is 0 Å². The number of aromatic nitrogens is 4. The zero-order valence-corrected chi connectivity index (χ0v) is 9.95. The number of nitrogens with zero attached hydrogens (tertiary/aromatic N) is 4. The molecule has 5 heterocycles. The Balaban J connectivity index is 1.93. The Morgan fingerprint density at radius 1 is 1.26 bits per heavy atom. The third-order valence-electron chi connectivity index (χ3n) is 3.68. The van der Waals surface area contributed by atoms with Crippen LogP contribution < -0.4 is 4.40 Å². The average molecular weight is 249 g/mol. The van der Waals surface area contributed by atoms with E-state index < -0.39 is 0 Å². The first-order chi connectivity index (χ1) is 9.42. The number of oxazole rings is 1. The molecule has 0 saturated heterocycles. The minimum Gasteiger partial charge on any atom is -0.387 e. The van der Waals surface area contributed by atoms with Crippen LogP contribution >= 0.6 is 0 Å². The fourth-order valence-corrected chi connectivity index (χ4v) is 2.81. The normalized spacial score (nSPS) is 13.1. The monoisotopic (exact) mass is 249 g/mol. The molecule has 90 valence electrons. The zero-order chi connectivity index (χ0) is 12.4. The average Bonchev–Trinajstić information content (AvgIpc) is 3.07. The first-order valence-electron chi connectivity index (χ1n) is 6.13. The number of imidazole rings is 1. The maximum atomic E-state index is 5.92. The molecule has 0 atom stereocenters. The van der Waals surface area contributed by atoms with E-state index in [0.29, 0.717) is 0 Å². The zero-order valence-electron chi connectivity index (χ0n) is 9.95. The van der Waals surface area contributed by atoms with Gasteiger partial charge in [0.1, 0.15) is 12.7 Å². The van der Waals surface area contributed by atoms with Crippen LogP contribution in [0.1, 0.15) is 5.69 Å². The lowest BCUT2D eigenvalue weighted by Gasteiger charge is -1.90. The molecular weight excluding hydrogens is 240 g/mol. The highest BCUT2D eigenvalue weighted by Crippen LogP contribution is 2.32. The van der Waals surface area contributed by atoms with Gasteiger partial charge < -0.3 is 4.42 Å². The summed E-state index contributed by atoms with van der Waals surface area (Å²) in [4.78, 5) is 8.58. The van der Waals surface area contributed by atoms with Crippen LogP contribution in [0.3, 0.4) is 0 Å². The second-order valence-electron chi connectivity index (χ2n) is 4.70. The topological polar surface area (TPSA) is 48.0 Å². The Hall–Kier alpha value is -2.69. The third kappa shape index (κ3) is 1.03. The van der Waals surface area contributed by atoms with Crippen LogP contribution in [0.2, 0.25) is 0 Å². The molecule has 0 bridgehead atoms. The van der Waals surface area contributed by atoms with Gasteiger partial charge in [0.25, 0.3) is 0 Å². The standard InChI is InChI=1S/C14H9N4O/c1-2-9-10(16-4-1)7-17-12(9)8-18-11-6-15-5-3-13(11)19-14(17)18/h1-6,8H,7H2/q+1. The number of rotatable bonds is 0. The maximum Gasteiger partial charge on any atom is 0.468 e. The molecule has 0 saturated carbocycles. The van der Waals surface area contributed by atoms with Gasteiger partial charge in [-0.25, -0.2) is 0 Å². The Morgan fingerprint density at radius 3 is 3.26 bits per heavy atom. The van der Waals surface area contributed by atoms with Gasteiger partial charge in [-0.3, -0.25) is 9.97 Å².